The fraction of sp³-hybridized carbons (Fsp3) is 0.429. The molecule has 1 aliphatic heterocycles. The van der Waals surface area contributed by atoms with Gasteiger partial charge in [-0.3, -0.25) is 0 Å². The van der Waals surface area contributed by atoms with Crippen molar-refractivity contribution < 1.29 is 19.1 Å². The molecule has 6 nitrogen and oxygen atoms in total. The van der Waals surface area contributed by atoms with Crippen molar-refractivity contribution in [3.05, 3.63) is 29.8 Å². The summed E-state index contributed by atoms with van der Waals surface area (Å²) in [5, 5.41) is 5.37. The van der Waals surface area contributed by atoms with Gasteiger partial charge in [0.1, 0.15) is 6.23 Å². The van der Waals surface area contributed by atoms with Gasteiger partial charge in [-0.25, -0.2) is 9.59 Å². The number of urea groups is 1. The molecular formula is C14H18N2O4. The molecule has 0 bridgehead atoms. The molecule has 2 rings (SSSR count). The van der Waals surface area contributed by atoms with E-state index in [0.717, 1.165) is 19.3 Å². The Hall–Kier alpha value is -2.08. The highest BCUT2D eigenvalue weighted by molar-refractivity contribution is 6.00. The number of carbonyl (C=O) groups is 2. The number of hydrogen-bond acceptors (Lipinski definition) is 4. The van der Waals surface area contributed by atoms with Gasteiger partial charge in [0, 0.05) is 6.61 Å². The highest BCUT2D eigenvalue weighted by Crippen LogP contribution is 2.16. The van der Waals surface area contributed by atoms with Crippen molar-refractivity contribution >= 4 is 17.7 Å². The zero-order valence-corrected chi connectivity index (χ0v) is 11.3. The second-order valence-electron chi connectivity index (χ2n) is 4.49. The maximum absolute atomic E-state index is 11.9. The van der Waals surface area contributed by atoms with Gasteiger partial charge in [0.05, 0.1) is 18.4 Å². The van der Waals surface area contributed by atoms with Gasteiger partial charge in [-0.2, -0.15) is 0 Å². The van der Waals surface area contributed by atoms with Crippen molar-refractivity contribution in [3.63, 3.8) is 0 Å². The lowest BCUT2D eigenvalue weighted by Gasteiger charge is -2.23. The van der Waals surface area contributed by atoms with Gasteiger partial charge in [-0.05, 0) is 31.4 Å². The van der Waals surface area contributed by atoms with Crippen LogP contribution in [0.1, 0.15) is 29.6 Å². The Balaban J connectivity index is 1.98. The highest BCUT2D eigenvalue weighted by Gasteiger charge is 2.18. The maximum Gasteiger partial charge on any atom is 0.339 e. The first-order chi connectivity index (χ1) is 9.70. The first-order valence-corrected chi connectivity index (χ1v) is 6.57. The number of rotatable bonds is 3. The lowest BCUT2D eigenvalue weighted by atomic mass is 10.2. The van der Waals surface area contributed by atoms with Gasteiger partial charge in [0.25, 0.3) is 0 Å². The van der Waals surface area contributed by atoms with E-state index in [1.54, 1.807) is 24.3 Å². The van der Waals surface area contributed by atoms with Gasteiger partial charge in [-0.1, -0.05) is 12.1 Å². The van der Waals surface area contributed by atoms with Crippen LogP contribution in [0.4, 0.5) is 10.5 Å². The fourth-order valence-corrected chi connectivity index (χ4v) is 2.04. The van der Waals surface area contributed by atoms with Crippen LogP contribution in [-0.4, -0.2) is 31.9 Å². The Morgan fingerprint density at radius 2 is 2.10 bits per heavy atom. The number of para-hydroxylation sites is 1. The molecule has 1 unspecified atom stereocenters. The standard InChI is InChI=1S/C14H18N2O4/c1-19-13(17)10-6-2-3-7-11(10)15-14(18)16-12-8-4-5-9-20-12/h2-3,6-7,12H,4-5,8-9H2,1H3,(H2,15,16,18). The number of esters is 1. The molecule has 0 aliphatic carbocycles. The minimum absolute atomic E-state index is 0.269. The van der Waals surface area contributed by atoms with E-state index in [4.69, 9.17) is 4.74 Å². The molecule has 2 N–H and O–H groups in total. The average Bonchev–Trinajstić information content (AvgIpc) is 2.48. The van der Waals surface area contributed by atoms with E-state index in [2.05, 4.69) is 15.4 Å². The molecule has 0 saturated carbocycles. The summed E-state index contributed by atoms with van der Waals surface area (Å²) in [4.78, 5) is 23.5. The number of amides is 2. The van der Waals surface area contributed by atoms with Crippen LogP contribution in [0.15, 0.2) is 24.3 Å². The lowest BCUT2D eigenvalue weighted by molar-refractivity contribution is 0.00343. The predicted octanol–water partition coefficient (Wildman–Crippen LogP) is 2.12. The summed E-state index contributed by atoms with van der Waals surface area (Å²) in [6, 6.07) is 6.29. The molecule has 6 heteroatoms. The molecule has 1 saturated heterocycles. The summed E-state index contributed by atoms with van der Waals surface area (Å²) in [6.07, 6.45) is 2.58. The number of methoxy groups -OCH3 is 1. The van der Waals surface area contributed by atoms with E-state index < -0.39 is 12.0 Å². The van der Waals surface area contributed by atoms with Crippen LogP contribution in [0.5, 0.6) is 0 Å². The van der Waals surface area contributed by atoms with Crippen LogP contribution < -0.4 is 10.6 Å². The quantitative estimate of drug-likeness (QED) is 0.830. The van der Waals surface area contributed by atoms with Crippen LogP contribution in [0, 0.1) is 0 Å². The molecule has 1 heterocycles. The van der Waals surface area contributed by atoms with Crippen molar-refractivity contribution in [2.75, 3.05) is 19.0 Å². The van der Waals surface area contributed by atoms with Crippen LogP contribution in [0.2, 0.25) is 0 Å². The molecule has 0 aromatic heterocycles. The highest BCUT2D eigenvalue weighted by atomic mass is 16.5. The van der Waals surface area contributed by atoms with Crippen molar-refractivity contribution in [2.45, 2.75) is 25.5 Å². The molecule has 1 atom stereocenters. The molecule has 2 amide bonds. The van der Waals surface area contributed by atoms with E-state index in [1.807, 2.05) is 0 Å². The van der Waals surface area contributed by atoms with E-state index in [1.165, 1.54) is 7.11 Å². The fourth-order valence-electron chi connectivity index (χ4n) is 2.04. The zero-order chi connectivity index (χ0) is 14.4. The Bertz CT molecular complexity index is 484. The summed E-state index contributed by atoms with van der Waals surface area (Å²) < 4.78 is 10.1. The van der Waals surface area contributed by atoms with Crippen molar-refractivity contribution in [1.82, 2.24) is 5.32 Å². The Morgan fingerprint density at radius 3 is 2.80 bits per heavy atom. The normalized spacial score (nSPS) is 18.1. The third-order valence-corrected chi connectivity index (χ3v) is 3.05. The smallest absolute Gasteiger partial charge is 0.339 e. The Morgan fingerprint density at radius 1 is 1.30 bits per heavy atom. The largest absolute Gasteiger partial charge is 0.465 e. The second kappa shape index (κ2) is 6.91. The Kier molecular flexibility index (Phi) is 4.95. The summed E-state index contributed by atoms with van der Waals surface area (Å²) in [5.41, 5.74) is 0.724. The third kappa shape index (κ3) is 3.71. The van der Waals surface area contributed by atoms with Crippen molar-refractivity contribution in [2.24, 2.45) is 0 Å². The summed E-state index contributed by atoms with van der Waals surface area (Å²) in [6.45, 7) is 0.656. The molecular weight excluding hydrogens is 260 g/mol. The zero-order valence-electron chi connectivity index (χ0n) is 11.3. The van der Waals surface area contributed by atoms with Gasteiger partial charge < -0.3 is 20.1 Å². The third-order valence-electron chi connectivity index (χ3n) is 3.05. The second-order valence-corrected chi connectivity index (χ2v) is 4.49. The van der Waals surface area contributed by atoms with Crippen molar-refractivity contribution in [3.8, 4) is 0 Å². The average molecular weight is 278 g/mol. The molecule has 0 radical (unpaired) electrons. The maximum atomic E-state index is 11.9. The number of carbonyl (C=O) groups excluding carboxylic acids is 2. The first kappa shape index (κ1) is 14.3. The monoisotopic (exact) mass is 278 g/mol. The number of hydrogen-bond donors (Lipinski definition) is 2. The number of benzene rings is 1. The van der Waals surface area contributed by atoms with Crippen molar-refractivity contribution in [1.29, 1.82) is 0 Å². The van der Waals surface area contributed by atoms with E-state index in [-0.39, 0.29) is 6.23 Å². The molecule has 1 fully saturated rings. The number of anilines is 1. The van der Waals surface area contributed by atoms with Crippen LogP contribution in [0.3, 0.4) is 0 Å². The van der Waals surface area contributed by atoms with Crippen LogP contribution >= 0.6 is 0 Å². The molecule has 108 valence electrons. The molecule has 1 aromatic rings. The van der Waals surface area contributed by atoms with E-state index >= 15 is 0 Å². The number of nitrogens with one attached hydrogen (secondary N) is 2. The summed E-state index contributed by atoms with van der Waals surface area (Å²) in [5.74, 6) is -0.491. The molecule has 20 heavy (non-hydrogen) atoms. The molecule has 1 aromatic carbocycles. The van der Waals surface area contributed by atoms with Gasteiger partial charge in [0.15, 0.2) is 0 Å². The predicted molar refractivity (Wildman–Crippen MR) is 73.5 cm³/mol. The minimum Gasteiger partial charge on any atom is -0.465 e. The van der Waals surface area contributed by atoms with E-state index in [9.17, 15) is 9.59 Å². The first-order valence-electron chi connectivity index (χ1n) is 6.57. The molecule has 1 aliphatic rings. The lowest BCUT2D eigenvalue weighted by Crippen LogP contribution is -2.41. The van der Waals surface area contributed by atoms with Crippen LogP contribution in [0.25, 0.3) is 0 Å². The number of ether oxygens (including phenoxy) is 2. The Labute approximate surface area is 117 Å². The minimum atomic E-state index is -0.491. The summed E-state index contributed by atoms with van der Waals surface area (Å²) >= 11 is 0. The van der Waals surface area contributed by atoms with Gasteiger partial charge in [-0.15, -0.1) is 0 Å². The van der Waals surface area contributed by atoms with Crippen LogP contribution in [-0.2, 0) is 9.47 Å². The van der Waals surface area contributed by atoms with Gasteiger partial charge in [0.2, 0.25) is 0 Å². The van der Waals surface area contributed by atoms with Gasteiger partial charge >= 0.3 is 12.0 Å². The summed E-state index contributed by atoms with van der Waals surface area (Å²) in [7, 11) is 1.30. The van der Waals surface area contributed by atoms with E-state index in [0.29, 0.717) is 17.9 Å². The molecule has 0 spiro atoms. The topological polar surface area (TPSA) is 76.7 Å². The SMILES string of the molecule is COC(=O)c1ccccc1NC(=O)NC1CCCCO1.